The summed E-state index contributed by atoms with van der Waals surface area (Å²) < 4.78 is 4.49. The molecule has 1 rings (SSSR count). The van der Waals surface area contributed by atoms with E-state index in [1.165, 1.54) is 0 Å². The molecular formula is C8H10ClN5O4. The summed E-state index contributed by atoms with van der Waals surface area (Å²) in [5.41, 5.74) is 4.48. The van der Waals surface area contributed by atoms with Gasteiger partial charge in [-0.2, -0.15) is 4.98 Å². The van der Waals surface area contributed by atoms with Crippen LogP contribution in [0.1, 0.15) is 6.42 Å². The summed E-state index contributed by atoms with van der Waals surface area (Å²) in [5.74, 6) is 0.0130. The highest BCUT2D eigenvalue weighted by Gasteiger charge is 2.16. The van der Waals surface area contributed by atoms with Crippen LogP contribution in [-0.4, -0.2) is 34.1 Å². The highest BCUT2D eigenvalue weighted by molar-refractivity contribution is 6.28. The van der Waals surface area contributed by atoms with E-state index in [4.69, 9.17) is 17.3 Å². The third-order valence-corrected chi connectivity index (χ3v) is 1.98. The normalized spacial score (nSPS) is 9.83. The van der Waals surface area contributed by atoms with Crippen LogP contribution in [0.25, 0.3) is 0 Å². The molecule has 1 amide bonds. The Hall–Kier alpha value is -2.16. The number of nitrogens with zero attached hydrogens (tertiary/aromatic N) is 3. The van der Waals surface area contributed by atoms with Crippen LogP contribution in [0.3, 0.4) is 0 Å². The summed E-state index contributed by atoms with van der Waals surface area (Å²) in [6.07, 6.45) is 0.560. The van der Waals surface area contributed by atoms with Gasteiger partial charge in [0.25, 0.3) is 0 Å². The molecule has 0 aliphatic carbocycles. The molecule has 98 valence electrons. The molecule has 0 aliphatic rings. The van der Waals surface area contributed by atoms with Crippen molar-refractivity contribution < 1.29 is 14.5 Å². The Bertz CT molecular complexity index is 455. The summed E-state index contributed by atoms with van der Waals surface area (Å²) in [6.45, 7) is 0.413. The van der Waals surface area contributed by atoms with Gasteiger partial charge in [0.2, 0.25) is 11.1 Å². The molecule has 0 saturated heterocycles. The van der Waals surface area contributed by atoms with Gasteiger partial charge in [-0.05, 0) is 18.0 Å². The van der Waals surface area contributed by atoms with Crippen LogP contribution in [-0.2, 0) is 4.74 Å². The number of ether oxygens (including phenoxy) is 1. The van der Waals surface area contributed by atoms with Crippen LogP contribution in [0.4, 0.5) is 16.3 Å². The lowest BCUT2D eigenvalue weighted by Crippen LogP contribution is -2.16. The van der Waals surface area contributed by atoms with Crippen molar-refractivity contribution in [2.45, 2.75) is 6.42 Å². The van der Waals surface area contributed by atoms with E-state index in [2.05, 4.69) is 20.0 Å². The minimum Gasteiger partial charge on any atom is -0.450 e. The Morgan fingerprint density at radius 3 is 3.00 bits per heavy atom. The van der Waals surface area contributed by atoms with E-state index in [-0.39, 0.29) is 23.4 Å². The second kappa shape index (κ2) is 6.55. The Morgan fingerprint density at radius 1 is 1.67 bits per heavy atom. The summed E-state index contributed by atoms with van der Waals surface area (Å²) >= 11 is 5.53. The van der Waals surface area contributed by atoms with Crippen LogP contribution < -0.4 is 11.1 Å². The van der Waals surface area contributed by atoms with Gasteiger partial charge in [-0.3, -0.25) is 10.1 Å². The summed E-state index contributed by atoms with van der Waals surface area (Å²) in [4.78, 5) is 27.5. The van der Waals surface area contributed by atoms with E-state index >= 15 is 0 Å². The van der Waals surface area contributed by atoms with E-state index in [1.54, 1.807) is 0 Å². The number of carbonyl (C=O) groups is 1. The number of amides is 1. The molecule has 1 aromatic rings. The van der Waals surface area contributed by atoms with Gasteiger partial charge in [-0.25, -0.2) is 9.78 Å². The van der Waals surface area contributed by atoms with Crippen LogP contribution >= 0.6 is 11.6 Å². The molecule has 0 spiro atoms. The predicted molar refractivity (Wildman–Crippen MR) is 62.3 cm³/mol. The van der Waals surface area contributed by atoms with E-state index in [0.29, 0.717) is 13.0 Å². The van der Waals surface area contributed by atoms with E-state index in [1.807, 2.05) is 0 Å². The number of hydrogen-bond acceptors (Lipinski definition) is 7. The zero-order valence-corrected chi connectivity index (χ0v) is 9.88. The highest BCUT2D eigenvalue weighted by atomic mass is 35.5. The molecule has 0 atom stereocenters. The van der Waals surface area contributed by atoms with Crippen LogP contribution in [0, 0.1) is 10.1 Å². The van der Waals surface area contributed by atoms with E-state index in [9.17, 15) is 14.9 Å². The predicted octanol–water partition coefficient (Wildman–Crippen LogP) is 0.935. The van der Waals surface area contributed by atoms with Crippen molar-refractivity contribution >= 4 is 29.2 Å². The largest absolute Gasteiger partial charge is 0.450 e. The number of carbonyl (C=O) groups excluding carboxylic acids is 1. The Labute approximate surface area is 106 Å². The lowest BCUT2D eigenvalue weighted by atomic mass is 10.4. The summed E-state index contributed by atoms with van der Waals surface area (Å²) in [5, 5.41) is 13.3. The first kappa shape index (κ1) is 13.9. The number of aromatic nitrogens is 2. The molecule has 0 fully saturated rings. The molecule has 0 unspecified atom stereocenters. The molecule has 3 N–H and O–H groups in total. The Balaban J connectivity index is 2.53. The quantitative estimate of drug-likeness (QED) is 0.341. The van der Waals surface area contributed by atoms with Crippen molar-refractivity contribution in [1.29, 1.82) is 0 Å². The average Bonchev–Trinajstić information content (AvgIpc) is 2.27. The number of nitro groups is 1. The lowest BCUT2D eigenvalue weighted by molar-refractivity contribution is -0.384. The molecular weight excluding hydrogens is 266 g/mol. The number of anilines is 1. The molecule has 0 aromatic carbocycles. The fourth-order valence-corrected chi connectivity index (χ4v) is 1.20. The van der Waals surface area contributed by atoms with Crippen molar-refractivity contribution in [2.75, 3.05) is 18.5 Å². The smallest absolute Gasteiger partial charge is 0.404 e. The minimum absolute atomic E-state index is 0.0130. The molecule has 0 saturated carbocycles. The molecule has 18 heavy (non-hydrogen) atoms. The third kappa shape index (κ3) is 4.37. The van der Waals surface area contributed by atoms with Crippen molar-refractivity contribution in [3.05, 3.63) is 21.6 Å². The molecule has 0 bridgehead atoms. The van der Waals surface area contributed by atoms with Crippen LogP contribution in [0.2, 0.25) is 5.28 Å². The maximum Gasteiger partial charge on any atom is 0.404 e. The van der Waals surface area contributed by atoms with Gasteiger partial charge >= 0.3 is 11.8 Å². The highest BCUT2D eigenvalue weighted by Crippen LogP contribution is 2.21. The average molecular weight is 276 g/mol. The Morgan fingerprint density at radius 2 is 2.39 bits per heavy atom. The third-order valence-electron chi connectivity index (χ3n) is 1.79. The number of primary amides is 1. The molecule has 10 heteroatoms. The standard InChI is InChI=1S/C8H10ClN5O4/c9-7-12-4-5(14(16)17)6(13-7)11-2-1-3-18-8(10)15/h4H,1-3H2,(H2,10,15)(H,11,12,13). The fourth-order valence-electron chi connectivity index (χ4n) is 1.07. The topological polar surface area (TPSA) is 133 Å². The summed E-state index contributed by atoms with van der Waals surface area (Å²) in [6, 6.07) is 0. The van der Waals surface area contributed by atoms with Gasteiger partial charge in [0, 0.05) is 6.54 Å². The molecule has 1 aromatic heterocycles. The number of halogens is 1. The number of nitrogens with two attached hydrogens (primary N) is 1. The van der Waals surface area contributed by atoms with Crippen LogP contribution in [0.15, 0.2) is 6.20 Å². The maximum absolute atomic E-state index is 10.7. The SMILES string of the molecule is NC(=O)OCCCNc1nc(Cl)ncc1[N+](=O)[O-]. The second-order valence-corrected chi connectivity index (χ2v) is 3.42. The maximum atomic E-state index is 10.7. The zero-order valence-electron chi connectivity index (χ0n) is 9.13. The molecule has 9 nitrogen and oxygen atoms in total. The zero-order chi connectivity index (χ0) is 13.5. The fraction of sp³-hybridized carbons (Fsp3) is 0.375. The first-order chi connectivity index (χ1) is 8.50. The van der Waals surface area contributed by atoms with E-state index < -0.39 is 11.0 Å². The van der Waals surface area contributed by atoms with Crippen molar-refractivity contribution in [2.24, 2.45) is 5.73 Å². The summed E-state index contributed by atoms with van der Waals surface area (Å²) in [7, 11) is 0. The number of hydrogen-bond donors (Lipinski definition) is 2. The van der Waals surface area contributed by atoms with Crippen molar-refractivity contribution in [3.63, 3.8) is 0 Å². The van der Waals surface area contributed by atoms with E-state index in [0.717, 1.165) is 6.20 Å². The first-order valence-corrected chi connectivity index (χ1v) is 5.21. The molecule has 0 radical (unpaired) electrons. The van der Waals surface area contributed by atoms with Gasteiger partial charge < -0.3 is 15.8 Å². The lowest BCUT2D eigenvalue weighted by Gasteiger charge is -2.05. The van der Waals surface area contributed by atoms with Gasteiger partial charge in [-0.1, -0.05) is 0 Å². The monoisotopic (exact) mass is 275 g/mol. The van der Waals surface area contributed by atoms with Crippen LogP contribution in [0.5, 0.6) is 0 Å². The molecule has 1 heterocycles. The first-order valence-electron chi connectivity index (χ1n) is 4.83. The van der Waals surface area contributed by atoms with Crippen molar-refractivity contribution in [3.8, 4) is 0 Å². The van der Waals surface area contributed by atoms with Crippen molar-refractivity contribution in [1.82, 2.24) is 9.97 Å². The van der Waals surface area contributed by atoms with Gasteiger partial charge in [-0.15, -0.1) is 0 Å². The number of nitrogens with one attached hydrogen (secondary N) is 1. The minimum atomic E-state index is -0.869. The molecule has 0 aliphatic heterocycles. The van der Waals surface area contributed by atoms with Gasteiger partial charge in [0.05, 0.1) is 11.5 Å². The number of rotatable bonds is 6. The van der Waals surface area contributed by atoms with Gasteiger partial charge in [0.1, 0.15) is 6.20 Å². The Kier molecular flexibility index (Phi) is 5.06. The second-order valence-electron chi connectivity index (χ2n) is 3.08. The van der Waals surface area contributed by atoms with Gasteiger partial charge in [0.15, 0.2) is 0 Å².